The SMILES string of the molecule is c1ccc2cc(-c3nc4cccc(-c5nc(-c6cccc7cccnc67)cc(-c6cccc7cccnc67)n5)c4c4c3ccc3ccccc34)ccc2c1. The summed E-state index contributed by atoms with van der Waals surface area (Å²) < 4.78 is 0. The van der Waals surface area contributed by atoms with Gasteiger partial charge in [0, 0.05) is 61.6 Å². The molecule has 11 aromatic rings. The van der Waals surface area contributed by atoms with Gasteiger partial charge in [-0.3, -0.25) is 9.97 Å². The molecular formula is C49H29N5. The van der Waals surface area contributed by atoms with Gasteiger partial charge < -0.3 is 0 Å². The number of fused-ring (bicyclic) bond motifs is 8. The first kappa shape index (κ1) is 30.3. The monoisotopic (exact) mass is 687 g/mol. The van der Waals surface area contributed by atoms with E-state index in [1.807, 2.05) is 24.5 Å². The van der Waals surface area contributed by atoms with Crippen molar-refractivity contribution in [1.82, 2.24) is 24.9 Å². The predicted octanol–water partition coefficient (Wildman–Crippen LogP) is 12.2. The Morgan fingerprint density at radius 1 is 0.352 bits per heavy atom. The summed E-state index contributed by atoms with van der Waals surface area (Å²) in [7, 11) is 0. The van der Waals surface area contributed by atoms with Crippen molar-refractivity contribution in [3.8, 4) is 45.2 Å². The molecule has 4 aromatic heterocycles. The maximum absolute atomic E-state index is 5.44. The Labute approximate surface area is 310 Å². The van der Waals surface area contributed by atoms with Crippen LogP contribution < -0.4 is 0 Å². The van der Waals surface area contributed by atoms with Crippen LogP contribution in [0.5, 0.6) is 0 Å². The third-order valence-corrected chi connectivity index (χ3v) is 10.5. The van der Waals surface area contributed by atoms with E-state index in [0.717, 1.165) is 93.6 Å². The lowest BCUT2D eigenvalue weighted by molar-refractivity contribution is 1.19. The first-order chi connectivity index (χ1) is 26.8. The summed E-state index contributed by atoms with van der Waals surface area (Å²) in [5.74, 6) is 0.614. The minimum atomic E-state index is 0.614. The molecule has 5 heteroatoms. The van der Waals surface area contributed by atoms with Crippen molar-refractivity contribution >= 4 is 65.0 Å². The fraction of sp³-hybridized carbons (Fsp3) is 0. The summed E-state index contributed by atoms with van der Waals surface area (Å²) in [6, 6.07) is 57.1. The average molecular weight is 688 g/mol. The van der Waals surface area contributed by atoms with E-state index in [4.69, 9.17) is 24.9 Å². The van der Waals surface area contributed by atoms with Crippen LogP contribution in [0.1, 0.15) is 0 Å². The standard InChI is InChI=1S/C49H29N5/c1-2-12-34-28-35(23-22-30(34)10-1)48-39-25-24-31-11-3-4-17-36(31)44(39)45-40(20-7-21-41(45)52-48)49-53-42(37-18-5-13-32-15-8-26-50-46(32)37)29-43(54-49)38-19-6-14-33-16-9-27-51-47(33)38/h1-29H. The van der Waals surface area contributed by atoms with Crippen molar-refractivity contribution in [2.24, 2.45) is 0 Å². The Balaban J connectivity index is 1.25. The van der Waals surface area contributed by atoms with Gasteiger partial charge in [-0.15, -0.1) is 0 Å². The molecule has 0 fully saturated rings. The van der Waals surface area contributed by atoms with Crippen molar-refractivity contribution in [3.05, 3.63) is 176 Å². The summed E-state index contributed by atoms with van der Waals surface area (Å²) in [5, 5.41) is 10.0. The van der Waals surface area contributed by atoms with Gasteiger partial charge in [-0.2, -0.15) is 0 Å². The average Bonchev–Trinajstić information content (AvgIpc) is 3.25. The molecule has 0 aliphatic heterocycles. The second-order valence-corrected chi connectivity index (χ2v) is 13.7. The van der Waals surface area contributed by atoms with Crippen LogP contribution in [0.25, 0.3) is 110 Å². The molecule has 0 aliphatic carbocycles. The van der Waals surface area contributed by atoms with Crippen molar-refractivity contribution in [2.45, 2.75) is 0 Å². The van der Waals surface area contributed by atoms with Crippen LogP contribution in [0.4, 0.5) is 0 Å². The molecule has 11 rings (SSSR count). The predicted molar refractivity (Wildman–Crippen MR) is 222 cm³/mol. The van der Waals surface area contributed by atoms with E-state index in [2.05, 4.69) is 152 Å². The van der Waals surface area contributed by atoms with E-state index < -0.39 is 0 Å². The van der Waals surface area contributed by atoms with Crippen molar-refractivity contribution in [3.63, 3.8) is 0 Å². The Morgan fingerprint density at radius 2 is 0.944 bits per heavy atom. The molecule has 0 atom stereocenters. The maximum atomic E-state index is 5.44. The highest BCUT2D eigenvalue weighted by atomic mass is 14.9. The molecule has 4 heterocycles. The van der Waals surface area contributed by atoms with E-state index in [9.17, 15) is 0 Å². The van der Waals surface area contributed by atoms with Gasteiger partial charge >= 0.3 is 0 Å². The number of benzene rings is 7. The largest absolute Gasteiger partial charge is 0.256 e. The van der Waals surface area contributed by atoms with Crippen LogP contribution >= 0.6 is 0 Å². The second-order valence-electron chi connectivity index (χ2n) is 13.7. The Hall–Kier alpha value is -7.37. The highest BCUT2D eigenvalue weighted by Crippen LogP contribution is 2.42. The minimum absolute atomic E-state index is 0.614. The lowest BCUT2D eigenvalue weighted by Gasteiger charge is -2.16. The van der Waals surface area contributed by atoms with Gasteiger partial charge in [0.15, 0.2) is 5.82 Å². The molecule has 0 saturated carbocycles. The summed E-state index contributed by atoms with van der Waals surface area (Å²) in [4.78, 5) is 25.8. The lowest BCUT2D eigenvalue weighted by atomic mass is 9.92. The maximum Gasteiger partial charge on any atom is 0.161 e. The van der Waals surface area contributed by atoms with Crippen LogP contribution in [0.2, 0.25) is 0 Å². The summed E-state index contributed by atoms with van der Waals surface area (Å²) in [6.07, 6.45) is 3.68. The zero-order chi connectivity index (χ0) is 35.6. The third-order valence-electron chi connectivity index (χ3n) is 10.5. The fourth-order valence-electron chi connectivity index (χ4n) is 8.02. The third kappa shape index (κ3) is 4.83. The summed E-state index contributed by atoms with van der Waals surface area (Å²) in [6.45, 7) is 0. The highest BCUT2D eigenvalue weighted by Gasteiger charge is 2.20. The number of para-hydroxylation sites is 2. The van der Waals surface area contributed by atoms with Crippen LogP contribution in [0.3, 0.4) is 0 Å². The van der Waals surface area contributed by atoms with Gasteiger partial charge in [-0.05, 0) is 51.9 Å². The van der Waals surface area contributed by atoms with Crippen molar-refractivity contribution < 1.29 is 0 Å². The number of nitrogens with zero attached hydrogens (tertiary/aromatic N) is 5. The van der Waals surface area contributed by atoms with Crippen molar-refractivity contribution in [2.75, 3.05) is 0 Å². The lowest BCUT2D eigenvalue weighted by Crippen LogP contribution is -1.99. The van der Waals surface area contributed by atoms with Crippen LogP contribution in [-0.2, 0) is 0 Å². The van der Waals surface area contributed by atoms with Gasteiger partial charge in [0.25, 0.3) is 0 Å². The zero-order valence-electron chi connectivity index (χ0n) is 29.0. The second kappa shape index (κ2) is 12.1. The quantitative estimate of drug-likeness (QED) is 0.172. The van der Waals surface area contributed by atoms with Gasteiger partial charge in [-0.1, -0.05) is 133 Å². The van der Waals surface area contributed by atoms with Gasteiger partial charge in [0.2, 0.25) is 0 Å². The Kier molecular flexibility index (Phi) is 6.79. The molecule has 250 valence electrons. The molecule has 0 amide bonds. The molecule has 0 radical (unpaired) electrons. The zero-order valence-corrected chi connectivity index (χ0v) is 29.0. The molecule has 0 bridgehead atoms. The fourth-order valence-corrected chi connectivity index (χ4v) is 8.02. The molecule has 54 heavy (non-hydrogen) atoms. The van der Waals surface area contributed by atoms with Crippen molar-refractivity contribution in [1.29, 1.82) is 0 Å². The first-order valence-electron chi connectivity index (χ1n) is 18.1. The van der Waals surface area contributed by atoms with Crippen LogP contribution in [0, 0.1) is 0 Å². The molecule has 0 spiro atoms. The number of rotatable bonds is 4. The van der Waals surface area contributed by atoms with Gasteiger partial charge in [0.1, 0.15) is 0 Å². The first-order valence-corrected chi connectivity index (χ1v) is 18.1. The Morgan fingerprint density at radius 3 is 1.69 bits per heavy atom. The van der Waals surface area contributed by atoms with E-state index in [-0.39, 0.29) is 0 Å². The molecule has 0 N–H and O–H groups in total. The van der Waals surface area contributed by atoms with E-state index in [1.165, 1.54) is 10.8 Å². The molecule has 5 nitrogen and oxygen atoms in total. The number of aromatic nitrogens is 5. The van der Waals surface area contributed by atoms with Gasteiger partial charge in [0.05, 0.1) is 33.6 Å². The normalized spacial score (nSPS) is 11.7. The molecule has 0 aliphatic rings. The minimum Gasteiger partial charge on any atom is -0.256 e. The number of hydrogen-bond donors (Lipinski definition) is 0. The summed E-state index contributed by atoms with van der Waals surface area (Å²) >= 11 is 0. The van der Waals surface area contributed by atoms with Crippen LogP contribution in [0.15, 0.2) is 176 Å². The van der Waals surface area contributed by atoms with Gasteiger partial charge in [-0.25, -0.2) is 15.0 Å². The van der Waals surface area contributed by atoms with E-state index >= 15 is 0 Å². The highest BCUT2D eigenvalue weighted by molar-refractivity contribution is 6.25. The smallest absolute Gasteiger partial charge is 0.161 e. The van der Waals surface area contributed by atoms with Crippen LogP contribution in [-0.4, -0.2) is 24.9 Å². The number of pyridine rings is 3. The van der Waals surface area contributed by atoms with E-state index in [1.54, 1.807) is 0 Å². The summed E-state index contributed by atoms with van der Waals surface area (Å²) in [5.41, 5.74) is 9.07. The molecule has 0 saturated heterocycles. The molecule has 7 aromatic carbocycles. The Bertz CT molecular complexity index is 3190. The molecule has 0 unspecified atom stereocenters. The topological polar surface area (TPSA) is 64.5 Å². The number of hydrogen-bond acceptors (Lipinski definition) is 5. The molecular weight excluding hydrogens is 659 g/mol. The van der Waals surface area contributed by atoms with E-state index in [0.29, 0.717) is 5.82 Å².